The highest BCUT2D eigenvalue weighted by Gasteiger charge is 2.19. The third kappa shape index (κ3) is 12.2. The molecule has 126 valence electrons. The molecule has 1 saturated carbocycles. The Morgan fingerprint density at radius 1 is 1.19 bits per heavy atom. The van der Waals surface area contributed by atoms with E-state index in [1.165, 1.54) is 25.7 Å². The molecule has 0 aromatic heterocycles. The highest BCUT2D eigenvalue weighted by Crippen LogP contribution is 2.33. The van der Waals surface area contributed by atoms with Crippen molar-refractivity contribution in [2.75, 3.05) is 54.0 Å². The molecule has 21 heavy (non-hydrogen) atoms. The lowest BCUT2D eigenvalue weighted by Crippen LogP contribution is -2.41. The van der Waals surface area contributed by atoms with Crippen molar-refractivity contribution in [2.45, 2.75) is 32.1 Å². The quantitative estimate of drug-likeness (QED) is 0.236. The van der Waals surface area contributed by atoms with Gasteiger partial charge in [-0.25, -0.2) is 0 Å². The van der Waals surface area contributed by atoms with Gasteiger partial charge in [-0.1, -0.05) is 12.8 Å². The van der Waals surface area contributed by atoms with E-state index in [0.29, 0.717) is 0 Å². The molecular weight excluding hydrogens is 379 g/mol. The predicted octanol–water partition coefficient (Wildman–Crippen LogP) is 1.93. The van der Waals surface area contributed by atoms with Crippen LogP contribution in [0, 0.1) is 5.92 Å². The fourth-order valence-electron chi connectivity index (χ4n) is 2.18. The third-order valence-corrected chi connectivity index (χ3v) is 3.68. The van der Waals surface area contributed by atoms with Crippen molar-refractivity contribution in [1.82, 2.24) is 15.5 Å². The summed E-state index contributed by atoms with van der Waals surface area (Å²) in [5, 5.41) is 6.74. The predicted molar refractivity (Wildman–Crippen MR) is 101 cm³/mol. The van der Waals surface area contributed by atoms with Crippen molar-refractivity contribution in [3.63, 3.8) is 0 Å². The molecule has 0 unspecified atom stereocenters. The molecule has 0 aliphatic heterocycles. The Balaban J connectivity index is 0.00000400. The minimum Gasteiger partial charge on any atom is -0.385 e. The van der Waals surface area contributed by atoms with E-state index in [1.807, 2.05) is 7.05 Å². The molecule has 0 atom stereocenters. The highest BCUT2D eigenvalue weighted by atomic mass is 127. The molecule has 0 heterocycles. The molecule has 0 spiro atoms. The molecule has 1 aliphatic carbocycles. The SMILES string of the molecule is CN=C(NCCCC1CC1)NCCN(C)CCCOC.I. The Labute approximate surface area is 147 Å². The van der Waals surface area contributed by atoms with E-state index in [2.05, 4.69) is 27.6 Å². The third-order valence-electron chi connectivity index (χ3n) is 3.68. The zero-order chi connectivity index (χ0) is 14.6. The minimum atomic E-state index is 0. The number of aliphatic imine (C=N–C) groups is 1. The molecule has 5 nitrogen and oxygen atoms in total. The van der Waals surface area contributed by atoms with Crippen LogP contribution in [0.15, 0.2) is 4.99 Å². The number of hydrogen-bond donors (Lipinski definition) is 2. The summed E-state index contributed by atoms with van der Waals surface area (Å²) in [4.78, 5) is 6.56. The molecule has 0 amide bonds. The van der Waals surface area contributed by atoms with Gasteiger partial charge in [0.15, 0.2) is 5.96 Å². The van der Waals surface area contributed by atoms with Crippen molar-refractivity contribution < 1.29 is 4.74 Å². The summed E-state index contributed by atoms with van der Waals surface area (Å²) >= 11 is 0. The second kappa shape index (κ2) is 13.6. The van der Waals surface area contributed by atoms with Crippen LogP contribution in [0.4, 0.5) is 0 Å². The van der Waals surface area contributed by atoms with E-state index in [0.717, 1.165) is 51.1 Å². The molecule has 1 rings (SSSR count). The Hall–Kier alpha value is -0.0800. The fraction of sp³-hybridized carbons (Fsp3) is 0.933. The topological polar surface area (TPSA) is 48.9 Å². The van der Waals surface area contributed by atoms with Gasteiger partial charge < -0.3 is 20.3 Å². The summed E-state index contributed by atoms with van der Waals surface area (Å²) in [6.45, 7) is 4.88. The molecule has 0 radical (unpaired) electrons. The molecule has 6 heteroatoms. The van der Waals surface area contributed by atoms with E-state index in [1.54, 1.807) is 7.11 Å². The van der Waals surface area contributed by atoms with Gasteiger partial charge in [-0.2, -0.15) is 0 Å². The summed E-state index contributed by atoms with van der Waals surface area (Å²) in [6, 6.07) is 0. The summed E-state index contributed by atoms with van der Waals surface area (Å²) in [7, 11) is 5.72. The Kier molecular flexibility index (Phi) is 13.5. The van der Waals surface area contributed by atoms with Crippen LogP contribution in [0.5, 0.6) is 0 Å². The lowest BCUT2D eigenvalue weighted by molar-refractivity contribution is 0.180. The smallest absolute Gasteiger partial charge is 0.191 e. The number of ether oxygens (including phenoxy) is 1. The van der Waals surface area contributed by atoms with Gasteiger partial charge in [0.05, 0.1) is 0 Å². The van der Waals surface area contributed by atoms with Crippen molar-refractivity contribution in [3.05, 3.63) is 0 Å². The molecule has 1 fully saturated rings. The van der Waals surface area contributed by atoms with Crippen LogP contribution in [-0.2, 0) is 4.74 Å². The van der Waals surface area contributed by atoms with Crippen molar-refractivity contribution >= 4 is 29.9 Å². The number of likely N-dealkylation sites (N-methyl/N-ethyl adjacent to an activating group) is 1. The number of methoxy groups -OCH3 is 1. The van der Waals surface area contributed by atoms with Crippen LogP contribution in [0.3, 0.4) is 0 Å². The molecule has 0 saturated heterocycles. The van der Waals surface area contributed by atoms with Gasteiger partial charge in [-0.3, -0.25) is 4.99 Å². The van der Waals surface area contributed by atoms with E-state index in [9.17, 15) is 0 Å². The van der Waals surface area contributed by atoms with Gasteiger partial charge in [0.2, 0.25) is 0 Å². The van der Waals surface area contributed by atoms with E-state index in [-0.39, 0.29) is 24.0 Å². The first-order valence-electron chi connectivity index (χ1n) is 7.88. The lowest BCUT2D eigenvalue weighted by Gasteiger charge is -2.18. The lowest BCUT2D eigenvalue weighted by atomic mass is 10.2. The number of rotatable bonds is 11. The Morgan fingerprint density at radius 3 is 2.52 bits per heavy atom. The first kappa shape index (κ1) is 20.9. The van der Waals surface area contributed by atoms with Crippen molar-refractivity contribution in [3.8, 4) is 0 Å². The zero-order valence-corrected chi connectivity index (χ0v) is 16.2. The van der Waals surface area contributed by atoms with E-state index in [4.69, 9.17) is 4.74 Å². The summed E-state index contributed by atoms with van der Waals surface area (Å²) in [6.07, 6.45) is 6.60. The standard InChI is InChI=1S/C15H32N4O.HI/c1-16-15(17-9-4-6-14-7-8-14)18-10-12-19(2)11-5-13-20-3;/h14H,4-13H2,1-3H3,(H2,16,17,18);1H. The van der Waals surface area contributed by atoms with Crippen molar-refractivity contribution in [1.29, 1.82) is 0 Å². The first-order chi connectivity index (χ1) is 9.76. The zero-order valence-electron chi connectivity index (χ0n) is 13.9. The number of nitrogens with zero attached hydrogens (tertiary/aromatic N) is 2. The first-order valence-corrected chi connectivity index (χ1v) is 7.88. The average molecular weight is 412 g/mol. The Morgan fingerprint density at radius 2 is 1.90 bits per heavy atom. The van der Waals surface area contributed by atoms with Gasteiger partial charge in [0.25, 0.3) is 0 Å². The van der Waals surface area contributed by atoms with Gasteiger partial charge in [0.1, 0.15) is 0 Å². The molecule has 1 aliphatic rings. The van der Waals surface area contributed by atoms with Crippen LogP contribution in [0.2, 0.25) is 0 Å². The summed E-state index contributed by atoms with van der Waals surface area (Å²) < 4.78 is 5.06. The second-order valence-electron chi connectivity index (χ2n) is 5.66. The van der Waals surface area contributed by atoms with Crippen LogP contribution >= 0.6 is 24.0 Å². The number of nitrogens with one attached hydrogen (secondary N) is 2. The second-order valence-corrected chi connectivity index (χ2v) is 5.66. The average Bonchev–Trinajstić information content (AvgIpc) is 3.26. The molecule has 0 bridgehead atoms. The highest BCUT2D eigenvalue weighted by molar-refractivity contribution is 14.0. The maximum absolute atomic E-state index is 5.06. The van der Waals surface area contributed by atoms with Gasteiger partial charge in [-0.05, 0) is 32.2 Å². The van der Waals surface area contributed by atoms with Crippen LogP contribution < -0.4 is 10.6 Å². The minimum absolute atomic E-state index is 0. The van der Waals surface area contributed by atoms with E-state index < -0.39 is 0 Å². The maximum Gasteiger partial charge on any atom is 0.191 e. The molecular formula is C15H33IN4O. The van der Waals surface area contributed by atoms with Crippen LogP contribution in [0.25, 0.3) is 0 Å². The van der Waals surface area contributed by atoms with Gasteiger partial charge in [0, 0.05) is 46.9 Å². The largest absolute Gasteiger partial charge is 0.385 e. The molecule has 0 aromatic rings. The number of guanidine groups is 1. The Bertz CT molecular complexity index is 272. The van der Waals surface area contributed by atoms with Gasteiger partial charge in [-0.15, -0.1) is 24.0 Å². The maximum atomic E-state index is 5.06. The van der Waals surface area contributed by atoms with Crippen LogP contribution in [0.1, 0.15) is 32.1 Å². The summed E-state index contributed by atoms with van der Waals surface area (Å²) in [5.41, 5.74) is 0. The van der Waals surface area contributed by atoms with Crippen molar-refractivity contribution in [2.24, 2.45) is 10.9 Å². The van der Waals surface area contributed by atoms with Crippen LogP contribution in [-0.4, -0.2) is 64.9 Å². The normalized spacial score (nSPS) is 15.0. The monoisotopic (exact) mass is 412 g/mol. The number of halogens is 1. The van der Waals surface area contributed by atoms with Gasteiger partial charge >= 0.3 is 0 Å². The fourth-order valence-corrected chi connectivity index (χ4v) is 2.18. The number of hydrogen-bond acceptors (Lipinski definition) is 3. The van der Waals surface area contributed by atoms with E-state index >= 15 is 0 Å². The summed E-state index contributed by atoms with van der Waals surface area (Å²) in [5.74, 6) is 1.94. The molecule has 2 N–H and O–H groups in total. The molecule has 0 aromatic carbocycles.